The molecule has 0 spiro atoms. The molecule has 64 valence electrons. The second-order valence-corrected chi connectivity index (χ2v) is 3.13. The molecular weight excluding hydrogens is 224 g/mol. The lowest BCUT2D eigenvalue weighted by Gasteiger charge is -2.04. The molecule has 1 aromatic heterocycles. The average Bonchev–Trinajstić information content (AvgIpc) is 2.04. The van der Waals surface area contributed by atoms with Crippen LogP contribution in [0.15, 0.2) is 22.8 Å². The minimum Gasteiger partial charge on any atom is -0.480 e. The van der Waals surface area contributed by atoms with Crippen molar-refractivity contribution in [3.05, 3.63) is 28.5 Å². The van der Waals surface area contributed by atoms with Gasteiger partial charge in [-0.3, -0.25) is 9.78 Å². The number of carboxylic acid groups (broad SMARTS) is 1. The van der Waals surface area contributed by atoms with Gasteiger partial charge in [0, 0.05) is 10.7 Å². The van der Waals surface area contributed by atoms with Crippen LogP contribution in [0.4, 0.5) is 0 Å². The fraction of sp³-hybridized carbons (Fsp3) is 0.143. The summed E-state index contributed by atoms with van der Waals surface area (Å²) in [5.41, 5.74) is 5.66. The lowest BCUT2D eigenvalue weighted by Crippen LogP contribution is -2.21. The number of hydrogen-bond acceptors (Lipinski definition) is 3. The molecule has 3 N–H and O–H groups in total. The van der Waals surface area contributed by atoms with E-state index in [1.54, 1.807) is 12.1 Å². The first-order valence-electron chi connectivity index (χ1n) is 3.21. The Morgan fingerprint density at radius 1 is 1.67 bits per heavy atom. The molecular formula is C7H7BrN2O2. The van der Waals surface area contributed by atoms with Gasteiger partial charge >= 0.3 is 5.97 Å². The quantitative estimate of drug-likeness (QED) is 0.793. The monoisotopic (exact) mass is 230 g/mol. The normalized spacial score (nSPS) is 12.5. The molecule has 0 aromatic carbocycles. The number of carboxylic acids is 1. The third kappa shape index (κ3) is 2.02. The van der Waals surface area contributed by atoms with E-state index < -0.39 is 12.0 Å². The van der Waals surface area contributed by atoms with Crippen molar-refractivity contribution in [2.75, 3.05) is 0 Å². The number of pyridine rings is 1. The van der Waals surface area contributed by atoms with Crippen LogP contribution in [0.1, 0.15) is 11.7 Å². The van der Waals surface area contributed by atoms with Gasteiger partial charge in [-0.25, -0.2) is 0 Å². The highest BCUT2D eigenvalue weighted by atomic mass is 79.9. The van der Waals surface area contributed by atoms with Crippen molar-refractivity contribution >= 4 is 21.9 Å². The third-order valence-electron chi connectivity index (χ3n) is 1.33. The second kappa shape index (κ2) is 3.64. The van der Waals surface area contributed by atoms with E-state index in [9.17, 15) is 4.79 Å². The molecule has 0 aliphatic carbocycles. The van der Waals surface area contributed by atoms with Crippen LogP contribution in [-0.4, -0.2) is 16.1 Å². The molecule has 1 heterocycles. The van der Waals surface area contributed by atoms with Crippen LogP contribution in [0.3, 0.4) is 0 Å². The van der Waals surface area contributed by atoms with Gasteiger partial charge in [0.05, 0.1) is 5.69 Å². The van der Waals surface area contributed by atoms with E-state index in [2.05, 4.69) is 20.9 Å². The van der Waals surface area contributed by atoms with Crippen LogP contribution in [-0.2, 0) is 4.79 Å². The number of nitrogens with zero attached hydrogens (tertiary/aromatic N) is 1. The average molecular weight is 231 g/mol. The van der Waals surface area contributed by atoms with E-state index >= 15 is 0 Å². The molecule has 0 saturated carbocycles. The van der Waals surface area contributed by atoms with Gasteiger partial charge in [0.15, 0.2) is 0 Å². The number of carbonyl (C=O) groups is 1. The highest BCUT2D eigenvalue weighted by Crippen LogP contribution is 2.11. The van der Waals surface area contributed by atoms with Gasteiger partial charge < -0.3 is 10.8 Å². The Morgan fingerprint density at radius 2 is 2.33 bits per heavy atom. The van der Waals surface area contributed by atoms with Crippen molar-refractivity contribution in [1.82, 2.24) is 4.98 Å². The smallest absolute Gasteiger partial charge is 0.326 e. The third-order valence-corrected chi connectivity index (χ3v) is 1.80. The zero-order valence-electron chi connectivity index (χ0n) is 6.07. The fourth-order valence-corrected chi connectivity index (χ4v) is 0.932. The maximum atomic E-state index is 10.4. The first-order valence-corrected chi connectivity index (χ1v) is 4.00. The van der Waals surface area contributed by atoms with E-state index in [0.29, 0.717) is 5.69 Å². The van der Waals surface area contributed by atoms with Crippen LogP contribution in [0.25, 0.3) is 0 Å². The van der Waals surface area contributed by atoms with Crippen LogP contribution in [0.2, 0.25) is 0 Å². The number of halogens is 1. The number of rotatable bonds is 2. The number of aliphatic carboxylic acids is 1. The van der Waals surface area contributed by atoms with Crippen molar-refractivity contribution in [3.8, 4) is 0 Å². The molecule has 4 nitrogen and oxygen atoms in total. The summed E-state index contributed by atoms with van der Waals surface area (Å²) in [6.07, 6.45) is 1.51. The molecule has 5 heteroatoms. The molecule has 0 saturated heterocycles. The standard InChI is InChI=1S/C7H7BrN2O2/c8-4-1-2-5(10-3-4)6(9)7(11)12/h1-3,6H,9H2,(H,11,12)/t6-/m1/s1. The van der Waals surface area contributed by atoms with Crippen molar-refractivity contribution < 1.29 is 9.90 Å². The summed E-state index contributed by atoms with van der Waals surface area (Å²) in [5, 5.41) is 8.53. The summed E-state index contributed by atoms with van der Waals surface area (Å²) in [4.78, 5) is 14.3. The molecule has 1 rings (SSSR count). The van der Waals surface area contributed by atoms with Gasteiger partial charge in [0.25, 0.3) is 0 Å². The number of aromatic nitrogens is 1. The molecule has 0 amide bonds. The predicted octanol–water partition coefficient (Wildman–Crippen LogP) is 0.928. The maximum Gasteiger partial charge on any atom is 0.326 e. The Labute approximate surface area is 77.5 Å². The van der Waals surface area contributed by atoms with Crippen molar-refractivity contribution in [2.24, 2.45) is 5.73 Å². The molecule has 0 bridgehead atoms. The highest BCUT2D eigenvalue weighted by Gasteiger charge is 2.14. The van der Waals surface area contributed by atoms with Crippen molar-refractivity contribution in [2.45, 2.75) is 6.04 Å². The summed E-state index contributed by atoms with van der Waals surface area (Å²) in [5.74, 6) is -1.08. The van der Waals surface area contributed by atoms with Crippen LogP contribution < -0.4 is 5.73 Å². The van der Waals surface area contributed by atoms with Crippen molar-refractivity contribution in [1.29, 1.82) is 0 Å². The fourth-order valence-electron chi connectivity index (χ4n) is 0.698. The topological polar surface area (TPSA) is 76.2 Å². The van der Waals surface area contributed by atoms with E-state index in [-0.39, 0.29) is 0 Å². The van der Waals surface area contributed by atoms with Gasteiger partial charge in [-0.1, -0.05) is 0 Å². The van der Waals surface area contributed by atoms with E-state index in [1.165, 1.54) is 6.20 Å². The summed E-state index contributed by atoms with van der Waals surface area (Å²) in [7, 11) is 0. The molecule has 12 heavy (non-hydrogen) atoms. The van der Waals surface area contributed by atoms with Gasteiger partial charge in [-0.05, 0) is 28.1 Å². The lowest BCUT2D eigenvalue weighted by molar-refractivity contribution is -0.138. The Hall–Kier alpha value is -0.940. The van der Waals surface area contributed by atoms with Crippen LogP contribution in [0.5, 0.6) is 0 Å². The summed E-state index contributed by atoms with van der Waals surface area (Å²) in [6.45, 7) is 0. The summed E-state index contributed by atoms with van der Waals surface area (Å²) < 4.78 is 0.795. The van der Waals surface area contributed by atoms with Gasteiger partial charge in [-0.15, -0.1) is 0 Å². The second-order valence-electron chi connectivity index (χ2n) is 2.22. The zero-order chi connectivity index (χ0) is 9.14. The number of hydrogen-bond donors (Lipinski definition) is 2. The largest absolute Gasteiger partial charge is 0.480 e. The Kier molecular flexibility index (Phi) is 2.78. The molecule has 0 unspecified atom stereocenters. The van der Waals surface area contributed by atoms with Gasteiger partial charge in [-0.2, -0.15) is 0 Å². The van der Waals surface area contributed by atoms with Crippen LogP contribution in [0, 0.1) is 0 Å². The molecule has 0 aliphatic rings. The summed E-state index contributed by atoms with van der Waals surface area (Å²) in [6, 6.07) is 2.23. The minimum atomic E-state index is -1.08. The van der Waals surface area contributed by atoms with E-state index in [4.69, 9.17) is 10.8 Å². The lowest BCUT2D eigenvalue weighted by atomic mass is 10.2. The Morgan fingerprint density at radius 3 is 2.75 bits per heavy atom. The molecule has 0 aliphatic heterocycles. The predicted molar refractivity (Wildman–Crippen MR) is 46.5 cm³/mol. The van der Waals surface area contributed by atoms with E-state index in [1.807, 2.05) is 0 Å². The molecule has 0 fully saturated rings. The first kappa shape index (κ1) is 9.15. The maximum absolute atomic E-state index is 10.4. The SMILES string of the molecule is N[C@@H](C(=O)O)c1ccc(Br)cn1. The summed E-state index contributed by atoms with van der Waals surface area (Å²) >= 11 is 3.18. The molecule has 1 aromatic rings. The molecule has 0 radical (unpaired) electrons. The van der Waals surface area contributed by atoms with Crippen LogP contribution >= 0.6 is 15.9 Å². The Balaban J connectivity index is 2.89. The van der Waals surface area contributed by atoms with Crippen molar-refractivity contribution in [3.63, 3.8) is 0 Å². The Bertz CT molecular complexity index is 286. The number of nitrogens with two attached hydrogens (primary N) is 1. The molecule has 1 atom stereocenters. The first-order chi connectivity index (χ1) is 5.61. The highest BCUT2D eigenvalue weighted by molar-refractivity contribution is 9.10. The minimum absolute atomic E-state index is 0.353. The van der Waals surface area contributed by atoms with E-state index in [0.717, 1.165) is 4.47 Å². The van der Waals surface area contributed by atoms with Gasteiger partial charge in [0.2, 0.25) is 0 Å². The zero-order valence-corrected chi connectivity index (χ0v) is 7.65. The van der Waals surface area contributed by atoms with Gasteiger partial charge in [0.1, 0.15) is 6.04 Å².